The Hall–Kier alpha value is -3.96. The first kappa shape index (κ1) is 20.9. The number of fused-ring (bicyclic) bond motifs is 1. The van der Waals surface area contributed by atoms with E-state index in [2.05, 4.69) is 17.1 Å². The van der Waals surface area contributed by atoms with Gasteiger partial charge in [-0.25, -0.2) is 4.98 Å². The van der Waals surface area contributed by atoms with E-state index in [0.29, 0.717) is 31.0 Å². The van der Waals surface area contributed by atoms with Gasteiger partial charge in [0.2, 0.25) is 0 Å². The summed E-state index contributed by atoms with van der Waals surface area (Å²) in [6, 6.07) is 28.4. The fourth-order valence-electron chi connectivity index (χ4n) is 4.10. The smallest absolute Gasteiger partial charge is 0.278 e. The lowest BCUT2D eigenvalue weighted by atomic mass is 10.1. The Bertz CT molecular complexity index is 1370. The Balaban J connectivity index is 1.61. The maximum atomic E-state index is 13.3. The first-order valence-electron chi connectivity index (χ1n) is 11.0. The summed E-state index contributed by atoms with van der Waals surface area (Å²) in [7, 11) is 1.69. The molecule has 0 bridgehead atoms. The first-order chi connectivity index (χ1) is 16.2. The lowest BCUT2D eigenvalue weighted by molar-refractivity contribution is 0.185. The van der Waals surface area contributed by atoms with Gasteiger partial charge in [-0.2, -0.15) is 0 Å². The van der Waals surface area contributed by atoms with Crippen LogP contribution in [0, 0.1) is 0 Å². The van der Waals surface area contributed by atoms with E-state index < -0.39 is 0 Å². The zero-order valence-electron chi connectivity index (χ0n) is 18.5. The molecular weight excluding hydrogens is 410 g/mol. The van der Waals surface area contributed by atoms with Crippen LogP contribution in [0.2, 0.25) is 0 Å². The predicted octanol–water partition coefficient (Wildman–Crippen LogP) is 4.99. The van der Waals surface area contributed by atoms with E-state index in [0.717, 1.165) is 33.6 Å². The summed E-state index contributed by atoms with van der Waals surface area (Å²) in [6.45, 7) is 0.567. The number of nitrogens with zero attached hydrogens (tertiary/aromatic N) is 2. The Kier molecular flexibility index (Phi) is 5.87. The van der Waals surface area contributed by atoms with Gasteiger partial charge in [0.05, 0.1) is 18.0 Å². The normalized spacial score (nSPS) is 11.2. The molecule has 0 fully saturated rings. The SMILES string of the molecule is COCc1ccc(-c2cn3c(=O)c(Cc4ccccc4)nc-3c(Cc3ccccc3)[nH]2)cc1. The number of rotatable bonds is 7. The van der Waals surface area contributed by atoms with Crippen LogP contribution >= 0.6 is 0 Å². The van der Waals surface area contributed by atoms with Crippen LogP contribution in [0.3, 0.4) is 0 Å². The van der Waals surface area contributed by atoms with Crippen molar-refractivity contribution in [2.45, 2.75) is 19.4 Å². The van der Waals surface area contributed by atoms with Gasteiger partial charge in [0.15, 0.2) is 5.82 Å². The molecule has 0 saturated carbocycles. The van der Waals surface area contributed by atoms with Crippen molar-refractivity contribution in [3.05, 3.63) is 130 Å². The summed E-state index contributed by atoms with van der Waals surface area (Å²) < 4.78 is 6.91. The lowest BCUT2D eigenvalue weighted by Crippen LogP contribution is -2.17. The summed E-state index contributed by atoms with van der Waals surface area (Å²) in [5, 5.41) is 0. The van der Waals surface area contributed by atoms with Gasteiger partial charge >= 0.3 is 0 Å². The van der Waals surface area contributed by atoms with E-state index in [4.69, 9.17) is 9.72 Å². The molecule has 0 amide bonds. The molecule has 0 aromatic heterocycles. The van der Waals surface area contributed by atoms with E-state index in [1.54, 1.807) is 11.7 Å². The zero-order valence-corrected chi connectivity index (χ0v) is 18.5. The second-order valence-electron chi connectivity index (χ2n) is 8.16. The van der Waals surface area contributed by atoms with Crippen molar-refractivity contribution in [2.24, 2.45) is 0 Å². The predicted molar refractivity (Wildman–Crippen MR) is 130 cm³/mol. The molecule has 0 aliphatic carbocycles. The fraction of sp³-hybridized carbons (Fsp3) is 0.143. The van der Waals surface area contributed by atoms with Crippen molar-refractivity contribution in [2.75, 3.05) is 7.11 Å². The van der Waals surface area contributed by atoms with Gasteiger partial charge in [0.25, 0.3) is 5.56 Å². The number of imidazole rings is 1. The van der Waals surface area contributed by atoms with Crippen LogP contribution < -0.4 is 5.56 Å². The molecule has 2 heterocycles. The number of H-pyrrole nitrogens is 1. The highest BCUT2D eigenvalue weighted by Crippen LogP contribution is 2.24. The summed E-state index contributed by atoms with van der Waals surface area (Å²) in [6.07, 6.45) is 3.02. The maximum Gasteiger partial charge on any atom is 0.278 e. The molecule has 0 unspecified atom stereocenters. The van der Waals surface area contributed by atoms with Crippen LogP contribution in [-0.4, -0.2) is 21.6 Å². The molecule has 2 aliphatic rings. The van der Waals surface area contributed by atoms with Crippen LogP contribution in [0.1, 0.15) is 28.1 Å². The highest BCUT2D eigenvalue weighted by atomic mass is 16.5. The Morgan fingerprint density at radius 2 is 1.45 bits per heavy atom. The molecule has 164 valence electrons. The van der Waals surface area contributed by atoms with Gasteiger partial charge in [0.1, 0.15) is 5.69 Å². The van der Waals surface area contributed by atoms with Crippen LogP contribution in [0.25, 0.3) is 17.1 Å². The number of benzene rings is 3. The molecule has 0 atom stereocenters. The number of aromatic nitrogens is 3. The average Bonchev–Trinajstić information content (AvgIpc) is 3.16. The summed E-state index contributed by atoms with van der Waals surface area (Å²) in [5.41, 5.74) is 6.59. The lowest BCUT2D eigenvalue weighted by Gasteiger charge is -2.13. The van der Waals surface area contributed by atoms with Crippen molar-refractivity contribution >= 4 is 0 Å². The van der Waals surface area contributed by atoms with Gasteiger partial charge < -0.3 is 9.72 Å². The summed E-state index contributed by atoms with van der Waals surface area (Å²) in [4.78, 5) is 21.7. The summed E-state index contributed by atoms with van der Waals surface area (Å²) in [5.74, 6) is 0.675. The fourth-order valence-corrected chi connectivity index (χ4v) is 4.10. The minimum atomic E-state index is -0.0746. The van der Waals surface area contributed by atoms with Gasteiger partial charge in [-0.05, 0) is 22.3 Å². The number of aromatic amines is 1. The summed E-state index contributed by atoms with van der Waals surface area (Å²) >= 11 is 0. The molecule has 1 N–H and O–H groups in total. The molecular formula is C28H25N3O2. The van der Waals surface area contributed by atoms with E-state index in [1.807, 2.05) is 79.0 Å². The third-order valence-corrected chi connectivity index (χ3v) is 5.76. The highest BCUT2D eigenvalue weighted by Gasteiger charge is 2.20. The van der Waals surface area contributed by atoms with Crippen LogP contribution in [-0.2, 0) is 24.2 Å². The largest absolute Gasteiger partial charge is 0.380 e. The minimum Gasteiger partial charge on any atom is -0.380 e. The topological polar surface area (TPSA) is 59.9 Å². The number of hydrogen-bond acceptors (Lipinski definition) is 3. The van der Waals surface area contributed by atoms with Gasteiger partial charge in [-0.1, -0.05) is 84.9 Å². The highest BCUT2D eigenvalue weighted by molar-refractivity contribution is 5.60. The molecule has 3 aromatic rings. The Morgan fingerprint density at radius 1 is 0.818 bits per heavy atom. The van der Waals surface area contributed by atoms with E-state index >= 15 is 0 Å². The van der Waals surface area contributed by atoms with E-state index in [1.165, 1.54) is 0 Å². The van der Waals surface area contributed by atoms with Gasteiger partial charge in [-0.3, -0.25) is 9.36 Å². The van der Waals surface area contributed by atoms with Crippen LogP contribution in [0.15, 0.2) is 95.9 Å². The third kappa shape index (κ3) is 4.49. The van der Waals surface area contributed by atoms with E-state index in [-0.39, 0.29) is 5.56 Å². The monoisotopic (exact) mass is 435 g/mol. The van der Waals surface area contributed by atoms with Crippen LogP contribution in [0.5, 0.6) is 0 Å². The molecule has 33 heavy (non-hydrogen) atoms. The number of ether oxygens (including phenoxy) is 1. The third-order valence-electron chi connectivity index (χ3n) is 5.76. The zero-order chi connectivity index (χ0) is 22.6. The second-order valence-corrected chi connectivity index (χ2v) is 8.16. The molecule has 0 spiro atoms. The van der Waals surface area contributed by atoms with Crippen molar-refractivity contribution in [1.29, 1.82) is 0 Å². The number of hydrogen-bond donors (Lipinski definition) is 1. The molecule has 0 saturated heterocycles. The van der Waals surface area contributed by atoms with Crippen LogP contribution in [0.4, 0.5) is 0 Å². The number of methoxy groups -OCH3 is 1. The quantitative estimate of drug-likeness (QED) is 0.392. The molecule has 0 radical (unpaired) electrons. The molecule has 3 aromatic carbocycles. The molecule has 5 nitrogen and oxygen atoms in total. The van der Waals surface area contributed by atoms with Crippen molar-refractivity contribution < 1.29 is 4.74 Å². The molecule has 5 heteroatoms. The maximum absolute atomic E-state index is 13.3. The van der Waals surface area contributed by atoms with E-state index in [9.17, 15) is 4.79 Å². The van der Waals surface area contributed by atoms with Gasteiger partial charge in [-0.15, -0.1) is 0 Å². The first-order valence-corrected chi connectivity index (χ1v) is 11.0. The van der Waals surface area contributed by atoms with Crippen molar-refractivity contribution in [3.63, 3.8) is 0 Å². The minimum absolute atomic E-state index is 0.0746. The Morgan fingerprint density at radius 3 is 2.09 bits per heavy atom. The van der Waals surface area contributed by atoms with Gasteiger partial charge in [0, 0.05) is 26.1 Å². The van der Waals surface area contributed by atoms with Crippen molar-refractivity contribution in [1.82, 2.24) is 14.5 Å². The average molecular weight is 436 g/mol. The Labute approximate surface area is 192 Å². The molecule has 5 rings (SSSR count). The number of nitrogens with one attached hydrogen (secondary N) is 1. The second kappa shape index (κ2) is 9.27. The molecule has 2 aliphatic heterocycles. The van der Waals surface area contributed by atoms with Crippen molar-refractivity contribution in [3.8, 4) is 17.1 Å². The standard InChI is InChI=1S/C28H25N3O2/c1-33-19-22-12-14-23(15-13-22)26-18-31-27(24(29-26)16-20-8-4-2-5-9-20)30-25(28(31)32)17-21-10-6-3-7-11-21/h2-15,18,29H,16-17,19H2,1H3.